The van der Waals surface area contributed by atoms with Crippen molar-refractivity contribution in [3.05, 3.63) is 49.6 Å². The Kier molecular flexibility index (Phi) is 3.09. The van der Waals surface area contributed by atoms with Gasteiger partial charge < -0.3 is 9.55 Å². The third kappa shape index (κ3) is 2.15. The van der Waals surface area contributed by atoms with E-state index in [4.69, 9.17) is 12.2 Å². The fourth-order valence-electron chi connectivity index (χ4n) is 1.88. The molecule has 0 aliphatic heterocycles. The molecule has 0 atom stereocenters. The molecule has 0 saturated heterocycles. The molecule has 1 N–H and O–H groups in total. The van der Waals surface area contributed by atoms with Crippen molar-refractivity contribution >= 4 is 50.5 Å². The van der Waals surface area contributed by atoms with Crippen molar-refractivity contribution in [1.29, 1.82) is 0 Å². The molecule has 92 valence electrons. The quantitative estimate of drug-likeness (QED) is 0.669. The monoisotopic (exact) mass is 342 g/mol. The molecule has 2 heterocycles. The lowest BCUT2D eigenvalue weighted by Crippen LogP contribution is -1.97. The van der Waals surface area contributed by atoms with Gasteiger partial charge in [0.1, 0.15) is 5.82 Å². The van der Waals surface area contributed by atoms with E-state index < -0.39 is 0 Å². The Balaban J connectivity index is 2.13. The molecule has 6 heteroatoms. The maximum atomic E-state index is 13.3. The third-order valence-electron chi connectivity index (χ3n) is 2.68. The normalized spacial score (nSPS) is 11.2. The van der Waals surface area contributed by atoms with Gasteiger partial charge in [-0.3, -0.25) is 0 Å². The second kappa shape index (κ2) is 4.60. The largest absolute Gasteiger partial charge is 0.331 e. The number of hydrogen-bond donors (Lipinski definition) is 1. The smallest absolute Gasteiger partial charge is 0.178 e. The summed E-state index contributed by atoms with van der Waals surface area (Å²) >= 11 is 10.4. The number of halogens is 2. The van der Waals surface area contributed by atoms with Gasteiger partial charge >= 0.3 is 0 Å². The van der Waals surface area contributed by atoms with Crippen LogP contribution in [-0.2, 0) is 6.54 Å². The van der Waals surface area contributed by atoms with Crippen molar-refractivity contribution in [2.45, 2.75) is 6.54 Å². The first kappa shape index (κ1) is 12.1. The first-order valence-electron chi connectivity index (χ1n) is 5.26. The van der Waals surface area contributed by atoms with Crippen LogP contribution in [0.25, 0.3) is 11.0 Å². The van der Waals surface area contributed by atoms with Crippen LogP contribution in [0.15, 0.2) is 34.1 Å². The van der Waals surface area contributed by atoms with Crippen molar-refractivity contribution in [2.75, 3.05) is 0 Å². The van der Waals surface area contributed by atoms with Crippen molar-refractivity contribution in [3.8, 4) is 0 Å². The highest BCUT2D eigenvalue weighted by molar-refractivity contribution is 9.11. The summed E-state index contributed by atoms with van der Waals surface area (Å²) < 4.78 is 16.9. The summed E-state index contributed by atoms with van der Waals surface area (Å²) in [5, 5.41) is 0. The van der Waals surface area contributed by atoms with E-state index in [0.717, 1.165) is 14.8 Å². The number of hydrogen-bond acceptors (Lipinski definition) is 2. The van der Waals surface area contributed by atoms with E-state index in [1.54, 1.807) is 17.4 Å². The Morgan fingerprint density at radius 1 is 1.33 bits per heavy atom. The lowest BCUT2D eigenvalue weighted by molar-refractivity contribution is 0.628. The predicted octanol–water partition coefficient (Wildman–Crippen LogP) is 4.71. The van der Waals surface area contributed by atoms with Crippen LogP contribution in [0.3, 0.4) is 0 Å². The molecular formula is C12H8BrFN2S2. The molecule has 0 aliphatic carbocycles. The number of benzene rings is 1. The van der Waals surface area contributed by atoms with Crippen LogP contribution in [0.1, 0.15) is 4.88 Å². The molecule has 3 rings (SSSR count). The standard InChI is InChI=1S/C12H8BrFN2S2/c13-11-4-2-8(18-11)6-16-10-5-7(14)1-3-9(10)15-12(16)17/h1-5H,6H2,(H,15,17). The summed E-state index contributed by atoms with van der Waals surface area (Å²) in [6, 6.07) is 8.68. The van der Waals surface area contributed by atoms with Gasteiger partial charge in [-0.05, 0) is 58.5 Å². The van der Waals surface area contributed by atoms with Crippen molar-refractivity contribution in [2.24, 2.45) is 0 Å². The maximum absolute atomic E-state index is 13.3. The number of nitrogens with one attached hydrogen (secondary N) is 1. The third-order valence-corrected chi connectivity index (χ3v) is 4.61. The molecule has 0 spiro atoms. The van der Waals surface area contributed by atoms with E-state index in [1.165, 1.54) is 17.0 Å². The summed E-state index contributed by atoms with van der Waals surface area (Å²) in [5.41, 5.74) is 1.65. The number of aromatic amines is 1. The number of nitrogens with zero attached hydrogens (tertiary/aromatic N) is 1. The van der Waals surface area contributed by atoms with Crippen molar-refractivity contribution in [1.82, 2.24) is 9.55 Å². The summed E-state index contributed by atoms with van der Waals surface area (Å²) in [6.07, 6.45) is 0. The number of fused-ring (bicyclic) bond motifs is 1. The van der Waals surface area contributed by atoms with Crippen LogP contribution >= 0.6 is 39.5 Å². The van der Waals surface area contributed by atoms with Gasteiger partial charge in [0.05, 0.1) is 21.4 Å². The highest BCUT2D eigenvalue weighted by Gasteiger charge is 2.07. The van der Waals surface area contributed by atoms with Crippen LogP contribution in [0, 0.1) is 10.6 Å². The van der Waals surface area contributed by atoms with Gasteiger partial charge in [0.2, 0.25) is 0 Å². The summed E-state index contributed by atoms with van der Waals surface area (Å²) in [4.78, 5) is 4.25. The maximum Gasteiger partial charge on any atom is 0.178 e. The Morgan fingerprint density at radius 3 is 2.89 bits per heavy atom. The molecule has 0 amide bonds. The molecule has 2 nitrogen and oxygen atoms in total. The van der Waals surface area contributed by atoms with Gasteiger partial charge in [0.25, 0.3) is 0 Å². The van der Waals surface area contributed by atoms with E-state index in [9.17, 15) is 4.39 Å². The zero-order chi connectivity index (χ0) is 12.7. The van der Waals surface area contributed by atoms with Crippen LogP contribution in [0.5, 0.6) is 0 Å². The molecule has 0 radical (unpaired) electrons. The Bertz CT molecular complexity index is 772. The number of rotatable bonds is 2. The average Bonchev–Trinajstić information content (AvgIpc) is 2.86. The lowest BCUT2D eigenvalue weighted by atomic mass is 10.3. The summed E-state index contributed by atoms with van der Waals surface area (Å²) in [7, 11) is 0. The summed E-state index contributed by atoms with van der Waals surface area (Å²) in [5.74, 6) is -0.252. The van der Waals surface area contributed by atoms with Gasteiger partial charge in [-0.15, -0.1) is 11.3 Å². The second-order valence-electron chi connectivity index (χ2n) is 3.88. The lowest BCUT2D eigenvalue weighted by Gasteiger charge is -2.02. The molecule has 2 aromatic heterocycles. The number of H-pyrrole nitrogens is 1. The van der Waals surface area contributed by atoms with Gasteiger partial charge in [-0.1, -0.05) is 0 Å². The van der Waals surface area contributed by atoms with Crippen LogP contribution in [0.4, 0.5) is 4.39 Å². The van der Waals surface area contributed by atoms with Gasteiger partial charge in [0, 0.05) is 4.88 Å². The molecule has 0 fully saturated rings. The van der Waals surface area contributed by atoms with E-state index in [-0.39, 0.29) is 5.82 Å². The predicted molar refractivity (Wildman–Crippen MR) is 78.2 cm³/mol. The fraction of sp³-hybridized carbons (Fsp3) is 0.0833. The Hall–Kier alpha value is -0.980. The first-order valence-corrected chi connectivity index (χ1v) is 7.27. The Labute approximate surface area is 120 Å². The zero-order valence-electron chi connectivity index (χ0n) is 9.11. The van der Waals surface area contributed by atoms with E-state index in [1.807, 2.05) is 16.7 Å². The number of aromatic nitrogens is 2. The second-order valence-corrected chi connectivity index (χ2v) is 6.82. The molecule has 18 heavy (non-hydrogen) atoms. The van der Waals surface area contributed by atoms with Gasteiger partial charge in [0.15, 0.2) is 4.77 Å². The minimum atomic E-state index is -0.252. The highest BCUT2D eigenvalue weighted by Crippen LogP contribution is 2.24. The van der Waals surface area contributed by atoms with Crippen LogP contribution in [-0.4, -0.2) is 9.55 Å². The average molecular weight is 343 g/mol. The highest BCUT2D eigenvalue weighted by atomic mass is 79.9. The molecule has 0 unspecified atom stereocenters. The van der Waals surface area contributed by atoms with Crippen LogP contribution < -0.4 is 0 Å². The summed E-state index contributed by atoms with van der Waals surface area (Å²) in [6.45, 7) is 0.651. The minimum Gasteiger partial charge on any atom is -0.331 e. The fourth-order valence-corrected chi connectivity index (χ4v) is 3.62. The van der Waals surface area contributed by atoms with Gasteiger partial charge in [-0.2, -0.15) is 0 Å². The van der Waals surface area contributed by atoms with E-state index in [0.29, 0.717) is 11.3 Å². The van der Waals surface area contributed by atoms with E-state index >= 15 is 0 Å². The van der Waals surface area contributed by atoms with Crippen LogP contribution in [0.2, 0.25) is 0 Å². The molecule has 3 aromatic rings. The minimum absolute atomic E-state index is 0.252. The van der Waals surface area contributed by atoms with Gasteiger partial charge in [-0.25, -0.2) is 4.39 Å². The topological polar surface area (TPSA) is 20.7 Å². The molecular weight excluding hydrogens is 335 g/mol. The molecule has 1 aromatic carbocycles. The number of imidazole rings is 1. The van der Waals surface area contributed by atoms with Crippen molar-refractivity contribution < 1.29 is 4.39 Å². The zero-order valence-corrected chi connectivity index (χ0v) is 12.3. The molecule has 0 bridgehead atoms. The Morgan fingerprint density at radius 2 is 2.17 bits per heavy atom. The van der Waals surface area contributed by atoms with Crippen molar-refractivity contribution in [3.63, 3.8) is 0 Å². The molecule has 0 aliphatic rings. The number of thiophene rings is 1. The van der Waals surface area contributed by atoms with E-state index in [2.05, 4.69) is 20.9 Å². The SMILES string of the molecule is Fc1ccc2[nH]c(=S)n(Cc3ccc(Br)s3)c2c1. The first-order chi connectivity index (χ1) is 8.63. The molecule has 0 saturated carbocycles.